The van der Waals surface area contributed by atoms with Gasteiger partial charge in [0.1, 0.15) is 5.41 Å². The van der Waals surface area contributed by atoms with Gasteiger partial charge < -0.3 is 0 Å². The molecule has 1 saturated carbocycles. The van der Waals surface area contributed by atoms with Crippen LogP contribution in [0.3, 0.4) is 0 Å². The fraction of sp³-hybridized carbons (Fsp3) is 0.556. The largest absolute Gasteiger partial charge is 0.297 e. The summed E-state index contributed by atoms with van der Waals surface area (Å²) in [4.78, 5) is 12.8. The van der Waals surface area contributed by atoms with E-state index in [-0.39, 0.29) is 11.2 Å². The number of aryl methyl sites for hydroxylation is 2. The van der Waals surface area contributed by atoms with Crippen molar-refractivity contribution in [3.8, 4) is 6.07 Å². The molecule has 0 aliphatic heterocycles. The molecule has 1 aliphatic rings. The lowest BCUT2D eigenvalue weighted by Gasteiger charge is -2.39. The molecule has 0 amide bonds. The quantitative estimate of drug-likeness (QED) is 0.809. The standard InChI is InChI=1S/C18H23NO/c1-13-7-5-8-14(2)15(13)11-18(12-19)10-6-9-17(3,4)16(18)20/h5,7-8H,6,9-11H2,1-4H3. The van der Waals surface area contributed by atoms with E-state index in [0.29, 0.717) is 12.8 Å². The van der Waals surface area contributed by atoms with Crippen LogP contribution >= 0.6 is 0 Å². The highest BCUT2D eigenvalue weighted by atomic mass is 16.1. The van der Waals surface area contributed by atoms with Gasteiger partial charge in [-0.15, -0.1) is 0 Å². The molecule has 1 aromatic carbocycles. The number of benzene rings is 1. The van der Waals surface area contributed by atoms with Crippen LogP contribution in [0.4, 0.5) is 0 Å². The smallest absolute Gasteiger partial charge is 0.158 e. The van der Waals surface area contributed by atoms with E-state index in [9.17, 15) is 10.1 Å². The second-order valence-electron chi connectivity index (χ2n) is 6.81. The second-order valence-corrected chi connectivity index (χ2v) is 6.81. The number of rotatable bonds is 2. The second kappa shape index (κ2) is 5.05. The molecular formula is C18H23NO. The first kappa shape index (κ1) is 14.8. The zero-order valence-corrected chi connectivity index (χ0v) is 12.9. The van der Waals surface area contributed by atoms with Crippen molar-refractivity contribution in [2.24, 2.45) is 10.8 Å². The monoisotopic (exact) mass is 269 g/mol. The highest BCUT2D eigenvalue weighted by molar-refractivity contribution is 5.93. The van der Waals surface area contributed by atoms with Crippen LogP contribution in [0.25, 0.3) is 0 Å². The number of carbonyl (C=O) groups excluding carboxylic acids is 1. The van der Waals surface area contributed by atoms with Gasteiger partial charge in [0.15, 0.2) is 5.78 Å². The molecule has 2 rings (SSSR count). The highest BCUT2D eigenvalue weighted by Gasteiger charge is 2.49. The molecule has 1 unspecified atom stereocenters. The molecule has 0 spiro atoms. The zero-order valence-electron chi connectivity index (χ0n) is 12.9. The number of hydrogen-bond donors (Lipinski definition) is 0. The summed E-state index contributed by atoms with van der Waals surface area (Å²) < 4.78 is 0. The Balaban J connectivity index is 2.43. The number of carbonyl (C=O) groups is 1. The minimum Gasteiger partial charge on any atom is -0.297 e. The molecule has 1 aliphatic carbocycles. The summed E-state index contributed by atoms with van der Waals surface area (Å²) >= 11 is 0. The Kier molecular flexibility index (Phi) is 3.73. The van der Waals surface area contributed by atoms with Crippen LogP contribution in [0.15, 0.2) is 18.2 Å². The Labute approximate surface area is 121 Å². The van der Waals surface area contributed by atoms with E-state index in [1.165, 1.54) is 16.7 Å². The summed E-state index contributed by atoms with van der Waals surface area (Å²) in [7, 11) is 0. The van der Waals surface area contributed by atoms with E-state index in [4.69, 9.17) is 0 Å². The molecule has 1 fully saturated rings. The van der Waals surface area contributed by atoms with Crippen molar-refractivity contribution >= 4 is 5.78 Å². The lowest BCUT2D eigenvalue weighted by atomic mass is 9.60. The Morgan fingerprint density at radius 1 is 1.20 bits per heavy atom. The van der Waals surface area contributed by atoms with Gasteiger partial charge in [-0.3, -0.25) is 4.79 Å². The van der Waals surface area contributed by atoms with Gasteiger partial charge >= 0.3 is 0 Å². The molecule has 0 heterocycles. The van der Waals surface area contributed by atoms with Gasteiger partial charge in [-0.1, -0.05) is 38.5 Å². The molecule has 2 heteroatoms. The third kappa shape index (κ3) is 2.38. The van der Waals surface area contributed by atoms with Crippen LogP contribution < -0.4 is 0 Å². The van der Waals surface area contributed by atoms with E-state index in [2.05, 4.69) is 32.0 Å². The molecule has 1 atom stereocenters. The maximum absolute atomic E-state index is 12.8. The van der Waals surface area contributed by atoms with Crippen molar-refractivity contribution in [2.75, 3.05) is 0 Å². The number of hydrogen-bond acceptors (Lipinski definition) is 2. The maximum Gasteiger partial charge on any atom is 0.158 e. The van der Waals surface area contributed by atoms with E-state index in [0.717, 1.165) is 12.8 Å². The zero-order chi connectivity index (χ0) is 15.0. The molecular weight excluding hydrogens is 246 g/mol. The highest BCUT2D eigenvalue weighted by Crippen LogP contribution is 2.45. The Morgan fingerprint density at radius 2 is 1.80 bits per heavy atom. The van der Waals surface area contributed by atoms with Crippen molar-refractivity contribution in [2.45, 2.75) is 53.4 Å². The number of nitriles is 1. The van der Waals surface area contributed by atoms with E-state index in [1.54, 1.807) is 0 Å². The normalized spacial score (nSPS) is 25.2. The molecule has 2 nitrogen and oxygen atoms in total. The molecule has 1 aromatic rings. The predicted molar refractivity (Wildman–Crippen MR) is 80.3 cm³/mol. The summed E-state index contributed by atoms with van der Waals surface area (Å²) in [5.41, 5.74) is 2.31. The van der Waals surface area contributed by atoms with E-state index >= 15 is 0 Å². The van der Waals surface area contributed by atoms with Crippen molar-refractivity contribution < 1.29 is 4.79 Å². The number of nitrogens with zero attached hydrogens (tertiary/aromatic N) is 1. The molecule has 0 bridgehead atoms. The first-order chi connectivity index (χ1) is 9.32. The van der Waals surface area contributed by atoms with Gasteiger partial charge in [0.2, 0.25) is 0 Å². The van der Waals surface area contributed by atoms with Crippen molar-refractivity contribution in [1.29, 1.82) is 5.26 Å². The lowest BCUT2D eigenvalue weighted by Crippen LogP contribution is -2.45. The van der Waals surface area contributed by atoms with Crippen LogP contribution in [0, 0.1) is 36.0 Å². The van der Waals surface area contributed by atoms with Gasteiger partial charge in [0.25, 0.3) is 0 Å². The topological polar surface area (TPSA) is 40.9 Å². The fourth-order valence-corrected chi connectivity index (χ4v) is 3.45. The van der Waals surface area contributed by atoms with E-state index < -0.39 is 5.41 Å². The predicted octanol–water partition coefficient (Wildman–Crippen LogP) is 4.14. The summed E-state index contributed by atoms with van der Waals surface area (Å²) in [5, 5.41) is 9.72. The van der Waals surface area contributed by atoms with Crippen LogP contribution in [0.2, 0.25) is 0 Å². The average Bonchev–Trinajstić information content (AvgIpc) is 2.39. The van der Waals surface area contributed by atoms with Crippen molar-refractivity contribution in [3.63, 3.8) is 0 Å². The lowest BCUT2D eigenvalue weighted by molar-refractivity contribution is -0.138. The van der Waals surface area contributed by atoms with Gasteiger partial charge in [0, 0.05) is 5.41 Å². The summed E-state index contributed by atoms with van der Waals surface area (Å²) in [6.07, 6.45) is 3.10. The first-order valence-electron chi connectivity index (χ1n) is 7.34. The molecule has 0 radical (unpaired) electrons. The van der Waals surface area contributed by atoms with Gasteiger partial charge in [-0.05, 0) is 49.8 Å². The summed E-state index contributed by atoms with van der Waals surface area (Å²) in [6, 6.07) is 8.53. The Hall–Kier alpha value is -1.62. The number of ketones is 1. The van der Waals surface area contributed by atoms with E-state index in [1.807, 2.05) is 19.9 Å². The van der Waals surface area contributed by atoms with Crippen molar-refractivity contribution in [3.05, 3.63) is 34.9 Å². The molecule has 106 valence electrons. The molecule has 20 heavy (non-hydrogen) atoms. The Morgan fingerprint density at radius 3 is 2.35 bits per heavy atom. The molecule has 0 saturated heterocycles. The summed E-state index contributed by atoms with van der Waals surface area (Å²) in [6.45, 7) is 8.08. The average molecular weight is 269 g/mol. The molecule has 0 N–H and O–H groups in total. The van der Waals surface area contributed by atoms with Crippen LogP contribution in [-0.2, 0) is 11.2 Å². The van der Waals surface area contributed by atoms with Gasteiger partial charge in [0.05, 0.1) is 6.07 Å². The first-order valence-corrected chi connectivity index (χ1v) is 7.34. The third-order valence-electron chi connectivity index (χ3n) is 4.79. The molecule has 0 aromatic heterocycles. The van der Waals surface area contributed by atoms with Gasteiger partial charge in [-0.2, -0.15) is 5.26 Å². The van der Waals surface area contributed by atoms with Crippen LogP contribution in [0.5, 0.6) is 0 Å². The fourth-order valence-electron chi connectivity index (χ4n) is 3.45. The number of Topliss-reactive ketones (excluding diaryl/α,β-unsaturated/α-hetero) is 1. The minimum atomic E-state index is -0.835. The third-order valence-corrected chi connectivity index (χ3v) is 4.79. The summed E-state index contributed by atoms with van der Waals surface area (Å²) in [5.74, 6) is 0.126. The van der Waals surface area contributed by atoms with Crippen LogP contribution in [-0.4, -0.2) is 5.78 Å². The maximum atomic E-state index is 12.8. The Bertz CT molecular complexity index is 559. The van der Waals surface area contributed by atoms with Crippen molar-refractivity contribution in [1.82, 2.24) is 0 Å². The SMILES string of the molecule is Cc1cccc(C)c1CC1(C#N)CCCC(C)(C)C1=O. The van der Waals surface area contributed by atoms with Crippen LogP contribution in [0.1, 0.15) is 49.8 Å². The van der Waals surface area contributed by atoms with Gasteiger partial charge in [-0.25, -0.2) is 0 Å². The minimum absolute atomic E-state index is 0.126.